The third kappa shape index (κ3) is 4.49. The number of amides is 2. The molecule has 0 aliphatic heterocycles. The number of benzene rings is 2. The van der Waals surface area contributed by atoms with E-state index in [1.165, 1.54) is 0 Å². The number of hydrogen-bond acceptors (Lipinski definition) is 2. The van der Waals surface area contributed by atoms with E-state index >= 15 is 0 Å². The van der Waals surface area contributed by atoms with Gasteiger partial charge in [0, 0.05) is 4.47 Å². The number of hydrogen-bond donors (Lipinski definition) is 2. The summed E-state index contributed by atoms with van der Waals surface area (Å²) in [6.45, 7) is 4.53. The predicted molar refractivity (Wildman–Crippen MR) is 92.3 cm³/mol. The number of anilines is 1. The van der Waals surface area contributed by atoms with E-state index in [2.05, 4.69) is 26.6 Å². The standard InChI is InChI=1S/C17H19BrN2O2/c1-3-22-14-10-8-13(9-11-14)12(2)19-17(21)20-16-7-5-4-6-15(16)18/h4-12H,3H2,1-2H3,(H2,19,20,21). The summed E-state index contributed by atoms with van der Waals surface area (Å²) in [5, 5.41) is 5.73. The van der Waals surface area contributed by atoms with Crippen molar-refractivity contribution in [3.05, 3.63) is 58.6 Å². The van der Waals surface area contributed by atoms with Gasteiger partial charge in [-0.15, -0.1) is 0 Å². The topological polar surface area (TPSA) is 50.4 Å². The van der Waals surface area contributed by atoms with Gasteiger partial charge in [0.05, 0.1) is 18.3 Å². The van der Waals surface area contributed by atoms with Crippen LogP contribution in [-0.4, -0.2) is 12.6 Å². The Bertz CT molecular complexity index is 629. The van der Waals surface area contributed by atoms with Gasteiger partial charge in [-0.25, -0.2) is 4.79 Å². The Morgan fingerprint density at radius 2 is 1.86 bits per heavy atom. The molecule has 22 heavy (non-hydrogen) atoms. The fourth-order valence-electron chi connectivity index (χ4n) is 2.02. The molecule has 0 aromatic heterocycles. The monoisotopic (exact) mass is 362 g/mol. The zero-order chi connectivity index (χ0) is 15.9. The summed E-state index contributed by atoms with van der Waals surface area (Å²) in [7, 11) is 0. The van der Waals surface area contributed by atoms with E-state index in [-0.39, 0.29) is 12.1 Å². The van der Waals surface area contributed by atoms with E-state index in [0.717, 1.165) is 21.5 Å². The van der Waals surface area contributed by atoms with E-state index in [0.29, 0.717) is 6.61 Å². The van der Waals surface area contributed by atoms with Crippen LogP contribution in [0.15, 0.2) is 53.0 Å². The van der Waals surface area contributed by atoms with Gasteiger partial charge in [0.15, 0.2) is 0 Å². The minimum atomic E-state index is -0.242. The molecule has 0 aliphatic rings. The average Bonchev–Trinajstić information content (AvgIpc) is 2.50. The number of halogens is 1. The second-order valence-corrected chi connectivity index (χ2v) is 5.66. The van der Waals surface area contributed by atoms with Crippen molar-refractivity contribution in [3.63, 3.8) is 0 Å². The molecule has 0 bridgehead atoms. The molecule has 2 N–H and O–H groups in total. The summed E-state index contributed by atoms with van der Waals surface area (Å²) in [6.07, 6.45) is 0. The van der Waals surface area contributed by atoms with E-state index in [4.69, 9.17) is 4.74 Å². The molecule has 0 fully saturated rings. The van der Waals surface area contributed by atoms with Crippen LogP contribution in [-0.2, 0) is 0 Å². The Hall–Kier alpha value is -2.01. The number of urea groups is 1. The minimum Gasteiger partial charge on any atom is -0.494 e. The third-order valence-corrected chi connectivity index (χ3v) is 3.85. The van der Waals surface area contributed by atoms with Crippen LogP contribution < -0.4 is 15.4 Å². The highest BCUT2D eigenvalue weighted by atomic mass is 79.9. The summed E-state index contributed by atoms with van der Waals surface area (Å²) >= 11 is 3.40. The Kier molecular flexibility index (Phi) is 5.83. The highest BCUT2D eigenvalue weighted by Gasteiger charge is 2.10. The lowest BCUT2D eigenvalue weighted by Gasteiger charge is -2.16. The molecule has 2 rings (SSSR count). The normalized spacial score (nSPS) is 11.6. The molecular weight excluding hydrogens is 344 g/mol. The number of carbonyl (C=O) groups excluding carboxylic acids is 1. The van der Waals surface area contributed by atoms with Gasteiger partial charge >= 0.3 is 6.03 Å². The highest BCUT2D eigenvalue weighted by Crippen LogP contribution is 2.22. The first-order chi connectivity index (χ1) is 10.6. The molecule has 116 valence electrons. The Labute approximate surface area is 139 Å². The molecule has 0 saturated carbocycles. The minimum absolute atomic E-state index is 0.0989. The van der Waals surface area contributed by atoms with Crippen molar-refractivity contribution in [1.82, 2.24) is 5.32 Å². The largest absolute Gasteiger partial charge is 0.494 e. The van der Waals surface area contributed by atoms with E-state index < -0.39 is 0 Å². The first-order valence-corrected chi connectivity index (χ1v) is 7.94. The first kappa shape index (κ1) is 16.4. The van der Waals surface area contributed by atoms with Crippen LogP contribution in [0.1, 0.15) is 25.5 Å². The summed E-state index contributed by atoms with van der Waals surface area (Å²) < 4.78 is 6.26. The van der Waals surface area contributed by atoms with E-state index in [9.17, 15) is 4.79 Å². The van der Waals surface area contributed by atoms with Crippen LogP contribution in [0.5, 0.6) is 5.75 Å². The second-order valence-electron chi connectivity index (χ2n) is 4.80. The Morgan fingerprint density at radius 3 is 2.50 bits per heavy atom. The second kappa shape index (κ2) is 7.84. The van der Waals surface area contributed by atoms with Crippen molar-refractivity contribution in [2.24, 2.45) is 0 Å². The fraction of sp³-hybridized carbons (Fsp3) is 0.235. The molecular formula is C17H19BrN2O2. The lowest BCUT2D eigenvalue weighted by atomic mass is 10.1. The lowest BCUT2D eigenvalue weighted by Crippen LogP contribution is -2.31. The van der Waals surface area contributed by atoms with Crippen molar-refractivity contribution in [1.29, 1.82) is 0 Å². The summed E-state index contributed by atoms with van der Waals surface area (Å²) in [6, 6.07) is 14.9. The summed E-state index contributed by atoms with van der Waals surface area (Å²) in [5.74, 6) is 0.830. The Morgan fingerprint density at radius 1 is 1.18 bits per heavy atom. The van der Waals surface area contributed by atoms with Crippen LogP contribution in [0.25, 0.3) is 0 Å². The predicted octanol–water partition coefficient (Wildman–Crippen LogP) is 4.73. The zero-order valence-electron chi connectivity index (χ0n) is 12.6. The van der Waals surface area contributed by atoms with Gasteiger partial charge in [0.25, 0.3) is 0 Å². The quantitative estimate of drug-likeness (QED) is 0.807. The number of carbonyl (C=O) groups is 1. The molecule has 2 aromatic carbocycles. The van der Waals surface area contributed by atoms with Gasteiger partial charge in [-0.05, 0) is 59.6 Å². The molecule has 1 atom stereocenters. The smallest absolute Gasteiger partial charge is 0.319 e. The number of ether oxygens (including phenoxy) is 1. The maximum atomic E-state index is 12.1. The van der Waals surface area contributed by atoms with Gasteiger partial charge in [-0.2, -0.15) is 0 Å². The van der Waals surface area contributed by atoms with Crippen LogP contribution in [0.2, 0.25) is 0 Å². The van der Waals surface area contributed by atoms with Crippen LogP contribution in [0, 0.1) is 0 Å². The number of rotatable bonds is 5. The molecule has 2 aromatic rings. The zero-order valence-corrected chi connectivity index (χ0v) is 14.2. The highest BCUT2D eigenvalue weighted by molar-refractivity contribution is 9.10. The first-order valence-electron chi connectivity index (χ1n) is 7.15. The molecule has 2 amide bonds. The van der Waals surface area contributed by atoms with Crippen molar-refractivity contribution < 1.29 is 9.53 Å². The van der Waals surface area contributed by atoms with Crippen molar-refractivity contribution >= 4 is 27.6 Å². The molecule has 0 heterocycles. The van der Waals surface area contributed by atoms with Gasteiger partial charge in [-0.1, -0.05) is 24.3 Å². The number of para-hydroxylation sites is 1. The molecule has 1 unspecified atom stereocenters. The molecule has 0 saturated heterocycles. The van der Waals surface area contributed by atoms with E-state index in [1.807, 2.05) is 62.4 Å². The van der Waals surface area contributed by atoms with Crippen molar-refractivity contribution in [2.75, 3.05) is 11.9 Å². The van der Waals surface area contributed by atoms with Crippen LogP contribution >= 0.6 is 15.9 Å². The maximum absolute atomic E-state index is 12.1. The Balaban J connectivity index is 1.94. The van der Waals surface area contributed by atoms with E-state index in [1.54, 1.807) is 0 Å². The molecule has 0 aliphatic carbocycles. The maximum Gasteiger partial charge on any atom is 0.319 e. The van der Waals surface area contributed by atoms with Crippen molar-refractivity contribution in [2.45, 2.75) is 19.9 Å². The molecule has 0 radical (unpaired) electrons. The number of nitrogens with one attached hydrogen (secondary N) is 2. The van der Waals surface area contributed by atoms with Crippen LogP contribution in [0.3, 0.4) is 0 Å². The average molecular weight is 363 g/mol. The summed E-state index contributed by atoms with van der Waals surface area (Å²) in [5.41, 5.74) is 1.75. The summed E-state index contributed by atoms with van der Waals surface area (Å²) in [4.78, 5) is 12.1. The SMILES string of the molecule is CCOc1ccc(C(C)NC(=O)Nc2ccccc2Br)cc1. The lowest BCUT2D eigenvalue weighted by molar-refractivity contribution is 0.249. The van der Waals surface area contributed by atoms with Crippen molar-refractivity contribution in [3.8, 4) is 5.75 Å². The van der Waals surface area contributed by atoms with Gasteiger partial charge in [-0.3, -0.25) is 0 Å². The molecule has 5 heteroatoms. The molecule has 0 spiro atoms. The fourth-order valence-corrected chi connectivity index (χ4v) is 2.40. The third-order valence-electron chi connectivity index (χ3n) is 3.16. The van der Waals surface area contributed by atoms with Crippen LogP contribution in [0.4, 0.5) is 10.5 Å². The molecule has 4 nitrogen and oxygen atoms in total. The van der Waals surface area contributed by atoms with Gasteiger partial charge < -0.3 is 15.4 Å². The van der Waals surface area contributed by atoms with Gasteiger partial charge in [0.2, 0.25) is 0 Å². The van der Waals surface area contributed by atoms with Gasteiger partial charge in [0.1, 0.15) is 5.75 Å².